The van der Waals surface area contributed by atoms with Gasteiger partial charge in [-0.05, 0) is 42.7 Å². The molecule has 0 radical (unpaired) electrons. The molecule has 0 fully saturated rings. The summed E-state index contributed by atoms with van der Waals surface area (Å²) < 4.78 is 26.3. The Hall–Kier alpha value is -2.97. The van der Waals surface area contributed by atoms with E-state index in [9.17, 15) is 18.0 Å². The maximum Gasteiger partial charge on any atom is 0.251 e. The molecule has 0 aliphatic heterocycles. The molecule has 1 atom stereocenters. The van der Waals surface area contributed by atoms with Crippen molar-refractivity contribution in [1.82, 2.24) is 10.0 Å². The Morgan fingerprint density at radius 2 is 1.65 bits per heavy atom. The van der Waals surface area contributed by atoms with E-state index in [1.54, 1.807) is 36.4 Å². The number of hydrogen-bond donors (Lipinski definition) is 3. The van der Waals surface area contributed by atoms with Gasteiger partial charge in [-0.3, -0.25) is 9.59 Å². The van der Waals surface area contributed by atoms with Gasteiger partial charge < -0.3 is 10.6 Å². The molecule has 0 spiro atoms. The van der Waals surface area contributed by atoms with Crippen molar-refractivity contribution in [3.8, 4) is 0 Å². The van der Waals surface area contributed by atoms with E-state index >= 15 is 0 Å². The third-order valence-corrected chi connectivity index (χ3v) is 5.90. The summed E-state index contributed by atoms with van der Waals surface area (Å²) in [5, 5.41) is 5.57. The van der Waals surface area contributed by atoms with Crippen LogP contribution in [-0.2, 0) is 20.6 Å². The number of hydrogen-bond acceptors (Lipinski definition) is 4. The van der Waals surface area contributed by atoms with Crippen LogP contribution in [0.5, 0.6) is 0 Å². The minimum absolute atomic E-state index is 0.130. The number of nitrogens with one attached hydrogen (secondary N) is 3. The number of carbonyl (C=O) groups is 2. The Morgan fingerprint density at radius 1 is 1.03 bits per heavy atom. The number of aryl methyl sites for hydroxylation is 1. The van der Waals surface area contributed by atoms with Gasteiger partial charge in [0.15, 0.2) is 0 Å². The summed E-state index contributed by atoms with van der Waals surface area (Å²) in [6, 6.07) is 12.9. The smallest absolute Gasteiger partial charge is 0.251 e. The van der Waals surface area contributed by atoms with E-state index in [0.717, 1.165) is 5.56 Å². The molecule has 2 amide bonds. The first-order valence-corrected chi connectivity index (χ1v) is 11.6. The monoisotopic (exact) mass is 443 g/mol. The van der Waals surface area contributed by atoms with Gasteiger partial charge in [0.05, 0.1) is 5.75 Å². The highest BCUT2D eigenvalue weighted by Crippen LogP contribution is 2.14. The molecule has 0 bridgehead atoms. The van der Waals surface area contributed by atoms with Crippen LogP contribution in [0, 0.1) is 12.8 Å². The second-order valence-electron chi connectivity index (χ2n) is 7.64. The van der Waals surface area contributed by atoms with Crippen molar-refractivity contribution in [2.24, 2.45) is 5.92 Å². The molecule has 3 N–H and O–H groups in total. The van der Waals surface area contributed by atoms with Gasteiger partial charge >= 0.3 is 0 Å². The van der Waals surface area contributed by atoms with Crippen molar-refractivity contribution in [2.75, 3.05) is 11.9 Å². The molecule has 2 aromatic rings. The Labute approximate surface area is 184 Å². The van der Waals surface area contributed by atoms with Crippen LogP contribution in [0.15, 0.2) is 61.2 Å². The fourth-order valence-corrected chi connectivity index (χ4v) is 3.93. The van der Waals surface area contributed by atoms with Crippen LogP contribution < -0.4 is 15.4 Å². The van der Waals surface area contributed by atoms with Crippen molar-refractivity contribution < 1.29 is 18.0 Å². The predicted molar refractivity (Wildman–Crippen MR) is 123 cm³/mol. The van der Waals surface area contributed by atoms with Gasteiger partial charge in [0.2, 0.25) is 15.9 Å². The highest BCUT2D eigenvalue weighted by atomic mass is 32.2. The minimum Gasteiger partial charge on any atom is -0.340 e. The Balaban J connectivity index is 2.02. The van der Waals surface area contributed by atoms with Gasteiger partial charge in [-0.25, -0.2) is 13.1 Å². The summed E-state index contributed by atoms with van der Waals surface area (Å²) >= 11 is 0. The van der Waals surface area contributed by atoms with Crippen molar-refractivity contribution in [3.63, 3.8) is 0 Å². The van der Waals surface area contributed by atoms with Crippen molar-refractivity contribution in [1.29, 1.82) is 0 Å². The van der Waals surface area contributed by atoms with Gasteiger partial charge in [-0.15, -0.1) is 6.58 Å². The Morgan fingerprint density at radius 3 is 2.19 bits per heavy atom. The van der Waals surface area contributed by atoms with E-state index in [-0.39, 0.29) is 30.0 Å². The zero-order chi connectivity index (χ0) is 23.0. The third-order valence-electron chi connectivity index (χ3n) is 4.58. The van der Waals surface area contributed by atoms with E-state index in [4.69, 9.17) is 0 Å². The van der Waals surface area contributed by atoms with E-state index in [0.29, 0.717) is 16.8 Å². The average molecular weight is 444 g/mol. The summed E-state index contributed by atoms with van der Waals surface area (Å²) in [4.78, 5) is 25.3. The van der Waals surface area contributed by atoms with E-state index in [1.807, 2.05) is 32.9 Å². The lowest BCUT2D eigenvalue weighted by molar-refractivity contribution is -0.118. The quantitative estimate of drug-likeness (QED) is 0.491. The minimum atomic E-state index is -3.46. The molecule has 8 heteroatoms. The molecule has 2 rings (SSSR count). The largest absolute Gasteiger partial charge is 0.340 e. The first-order valence-electron chi connectivity index (χ1n) is 9.97. The van der Waals surface area contributed by atoms with Crippen molar-refractivity contribution >= 4 is 27.5 Å². The maximum atomic E-state index is 12.8. The third kappa shape index (κ3) is 7.66. The molecule has 0 saturated carbocycles. The lowest BCUT2D eigenvalue weighted by atomic mass is 10.0. The molecule has 0 aromatic heterocycles. The number of benzene rings is 2. The predicted octanol–water partition coefficient (Wildman–Crippen LogP) is 2.99. The van der Waals surface area contributed by atoms with Crippen LogP contribution in [0.1, 0.15) is 35.3 Å². The van der Waals surface area contributed by atoms with Gasteiger partial charge in [0.25, 0.3) is 5.91 Å². The summed E-state index contributed by atoms with van der Waals surface area (Å²) in [5.74, 6) is -0.962. The zero-order valence-corrected chi connectivity index (χ0v) is 18.8. The van der Waals surface area contributed by atoms with Crippen LogP contribution in [0.2, 0.25) is 0 Å². The Bertz CT molecular complexity index is 1010. The average Bonchev–Trinajstić information content (AvgIpc) is 2.71. The van der Waals surface area contributed by atoms with Crippen LogP contribution in [-0.4, -0.2) is 32.8 Å². The van der Waals surface area contributed by atoms with Gasteiger partial charge in [-0.1, -0.05) is 49.8 Å². The topological polar surface area (TPSA) is 104 Å². The number of anilines is 1. The molecular formula is C23H29N3O4S. The van der Waals surface area contributed by atoms with Crippen molar-refractivity contribution in [3.05, 3.63) is 77.9 Å². The van der Waals surface area contributed by atoms with Gasteiger partial charge in [0, 0.05) is 17.8 Å². The highest BCUT2D eigenvalue weighted by Gasteiger charge is 2.25. The molecule has 166 valence electrons. The van der Waals surface area contributed by atoms with Crippen molar-refractivity contribution in [2.45, 2.75) is 32.6 Å². The summed E-state index contributed by atoms with van der Waals surface area (Å²) in [6.07, 6.45) is 1.47. The van der Waals surface area contributed by atoms with Crippen LogP contribution >= 0.6 is 0 Å². The lowest BCUT2D eigenvalue weighted by Crippen LogP contribution is -2.47. The van der Waals surface area contributed by atoms with Gasteiger partial charge in [0.1, 0.15) is 6.04 Å². The van der Waals surface area contributed by atoms with Gasteiger partial charge in [-0.2, -0.15) is 0 Å². The molecule has 0 aliphatic carbocycles. The van der Waals surface area contributed by atoms with Crippen LogP contribution in [0.4, 0.5) is 5.69 Å². The molecule has 0 saturated heterocycles. The summed E-state index contributed by atoms with van der Waals surface area (Å²) in [6.45, 7) is 9.29. The Kier molecular flexibility index (Phi) is 8.53. The van der Waals surface area contributed by atoms with E-state index in [2.05, 4.69) is 21.9 Å². The molecule has 7 nitrogen and oxygen atoms in total. The first-order chi connectivity index (χ1) is 14.6. The first kappa shape index (κ1) is 24.3. The molecule has 2 aromatic carbocycles. The van der Waals surface area contributed by atoms with Crippen LogP contribution in [0.3, 0.4) is 0 Å². The molecule has 31 heavy (non-hydrogen) atoms. The second-order valence-corrected chi connectivity index (χ2v) is 9.45. The molecule has 1 unspecified atom stereocenters. The summed E-state index contributed by atoms with van der Waals surface area (Å²) in [5.41, 5.74) is 2.63. The maximum absolute atomic E-state index is 12.8. The highest BCUT2D eigenvalue weighted by molar-refractivity contribution is 7.88. The molecular weight excluding hydrogens is 414 g/mol. The summed E-state index contributed by atoms with van der Waals surface area (Å²) in [7, 11) is -3.46. The SMILES string of the molecule is C=CCNS(=O)(=O)Cc1ccc(NC(=O)C(NC(=O)c2ccc(C)cc2)C(C)C)cc1. The molecule has 0 heterocycles. The van der Waals surface area contributed by atoms with E-state index < -0.39 is 16.1 Å². The van der Waals surface area contributed by atoms with Crippen LogP contribution in [0.25, 0.3) is 0 Å². The van der Waals surface area contributed by atoms with E-state index in [1.165, 1.54) is 6.08 Å². The zero-order valence-electron chi connectivity index (χ0n) is 18.0. The molecule has 0 aliphatic rings. The normalized spacial score (nSPS) is 12.3. The lowest BCUT2D eigenvalue weighted by Gasteiger charge is -2.22. The second kappa shape index (κ2) is 10.9. The number of sulfonamides is 1. The number of carbonyl (C=O) groups excluding carboxylic acids is 2. The standard InChI is InChI=1S/C23H29N3O4S/c1-5-14-24-31(29,30)15-18-8-12-20(13-9-18)25-23(28)21(16(2)3)26-22(27)19-10-6-17(4)7-11-19/h5-13,16,21,24H,1,14-15H2,2-4H3,(H,25,28)(H,26,27). The number of rotatable bonds is 10. The number of amides is 2. The fourth-order valence-electron chi connectivity index (χ4n) is 2.83. The fraction of sp³-hybridized carbons (Fsp3) is 0.304.